The highest BCUT2D eigenvalue weighted by Crippen LogP contribution is 2.31. The number of aliphatic imine (C=N–C) groups is 1. The Bertz CT molecular complexity index is 527. The average Bonchev–Trinajstić information content (AvgIpc) is 2.79. The molecule has 1 heterocycles. The first kappa shape index (κ1) is 23.0. The summed E-state index contributed by atoms with van der Waals surface area (Å²) in [5.74, 6) is 1.00. The summed E-state index contributed by atoms with van der Waals surface area (Å²) in [5, 5.41) is 0. The molecular weight excluding hydrogens is 610 g/mol. The molecule has 0 bridgehead atoms. The monoisotopic (exact) mass is 638 g/mol. The molecule has 0 saturated carbocycles. The van der Waals surface area contributed by atoms with Crippen LogP contribution in [0.1, 0.15) is 26.2 Å². The molecule has 0 aromatic carbocycles. The van der Waals surface area contributed by atoms with Crippen LogP contribution in [0.3, 0.4) is 0 Å². The number of allylic oxidation sites excluding steroid dienone is 1. The molecule has 0 aromatic rings. The van der Waals surface area contributed by atoms with Gasteiger partial charge in [-0.2, -0.15) is 0 Å². The van der Waals surface area contributed by atoms with Gasteiger partial charge < -0.3 is 9.64 Å². The van der Waals surface area contributed by atoms with Gasteiger partial charge in [0.1, 0.15) is 17.2 Å². The molecule has 0 fully saturated rings. The molecule has 0 amide bonds. The minimum Gasteiger partial charge on any atom is -0.361 e. The lowest BCUT2D eigenvalue weighted by Gasteiger charge is -2.23. The van der Waals surface area contributed by atoms with Gasteiger partial charge in [-0.1, -0.05) is 75.6 Å². The van der Waals surface area contributed by atoms with Gasteiger partial charge in [0.25, 0.3) is 0 Å². The van der Waals surface area contributed by atoms with Crippen molar-refractivity contribution in [1.29, 1.82) is 0 Å². The highest BCUT2D eigenvalue weighted by atomic mass is 127. The number of amidine groups is 1. The summed E-state index contributed by atoms with van der Waals surface area (Å²) in [6.45, 7) is 14.9. The number of rotatable bonds is 10. The number of unbranched alkanes of at least 4 members (excludes halogenated alkanes) is 1. The molecule has 1 rings (SSSR count). The Morgan fingerprint density at radius 3 is 2.71 bits per heavy atom. The van der Waals surface area contributed by atoms with Crippen molar-refractivity contribution in [2.24, 2.45) is 4.99 Å². The largest absolute Gasteiger partial charge is 0.361 e. The van der Waals surface area contributed by atoms with E-state index in [1.165, 1.54) is 30.5 Å². The van der Waals surface area contributed by atoms with E-state index >= 15 is 0 Å². The molecule has 24 heavy (non-hydrogen) atoms. The van der Waals surface area contributed by atoms with E-state index in [0.29, 0.717) is 6.73 Å². The summed E-state index contributed by atoms with van der Waals surface area (Å²) in [4.78, 5) is 7.01. The van der Waals surface area contributed by atoms with E-state index in [0.717, 1.165) is 23.5 Å². The van der Waals surface area contributed by atoms with Gasteiger partial charge in [0.05, 0.1) is 3.63 Å². The number of nitrogens with zero attached hydrogens (tertiary/aromatic N) is 2. The van der Waals surface area contributed by atoms with Crippen LogP contribution in [0, 0.1) is 0 Å². The van der Waals surface area contributed by atoms with Gasteiger partial charge in [0.2, 0.25) is 0 Å². The van der Waals surface area contributed by atoms with Gasteiger partial charge in [-0.25, -0.2) is 4.99 Å². The Labute approximate surface area is 180 Å². The third kappa shape index (κ3) is 8.55. The van der Waals surface area contributed by atoms with E-state index < -0.39 is 8.07 Å². The van der Waals surface area contributed by atoms with Gasteiger partial charge in [-0.05, 0) is 52.6 Å². The van der Waals surface area contributed by atoms with Gasteiger partial charge in [-0.15, -0.1) is 0 Å². The smallest absolute Gasteiger partial charge is 0.148 e. The summed E-state index contributed by atoms with van der Waals surface area (Å²) < 4.78 is 10.8. The fourth-order valence-corrected chi connectivity index (χ4v) is 6.16. The quantitative estimate of drug-likeness (QED) is 0.0899. The Hall–Kier alpha value is 0.937. The fraction of sp³-hybridized carbons (Fsp3) is 0.647. The normalized spacial score (nSPS) is 18.2. The number of alkyl halides is 1. The van der Waals surface area contributed by atoms with Crippen molar-refractivity contribution in [3.63, 3.8) is 0 Å². The van der Waals surface area contributed by atoms with Crippen LogP contribution in [0.15, 0.2) is 25.8 Å². The van der Waals surface area contributed by atoms with Crippen molar-refractivity contribution in [2.75, 3.05) is 17.8 Å². The molecule has 0 saturated heterocycles. The second-order valence-electron chi connectivity index (χ2n) is 6.84. The highest BCUT2D eigenvalue weighted by molar-refractivity contribution is 14.2. The van der Waals surface area contributed by atoms with Gasteiger partial charge in [0.15, 0.2) is 0 Å². The zero-order valence-electron chi connectivity index (χ0n) is 15.2. The minimum absolute atomic E-state index is 0.172. The van der Waals surface area contributed by atoms with Crippen LogP contribution in [0.2, 0.25) is 25.7 Å². The van der Waals surface area contributed by atoms with Gasteiger partial charge in [-0.3, -0.25) is 0 Å². The van der Waals surface area contributed by atoms with Crippen molar-refractivity contribution in [3.05, 3.63) is 20.8 Å². The molecule has 0 aliphatic carbocycles. The number of ether oxygens (including phenoxy) is 1. The Morgan fingerprint density at radius 2 is 2.12 bits per heavy atom. The van der Waals surface area contributed by atoms with Crippen LogP contribution in [0.4, 0.5) is 0 Å². The molecule has 1 aliphatic rings. The molecule has 3 nitrogen and oxygen atoms in total. The molecular formula is C17H29BrI2N2OSi. The predicted octanol–water partition coefficient (Wildman–Crippen LogP) is 6.49. The number of halogens is 3. The molecule has 0 aromatic heterocycles. The lowest BCUT2D eigenvalue weighted by molar-refractivity contribution is 0.102. The SMILES string of the molecule is C=C1I=C(CCCCI)N(COCC[Si](C)(C)C)/C1=N/C(Br)=C\C. The molecule has 138 valence electrons. The molecule has 0 N–H and O–H groups in total. The Morgan fingerprint density at radius 1 is 1.42 bits per heavy atom. The van der Waals surface area contributed by atoms with Crippen LogP contribution in [0.25, 0.3) is 0 Å². The second-order valence-corrected chi connectivity index (χ2v) is 17.4. The van der Waals surface area contributed by atoms with Crippen LogP contribution >= 0.6 is 59.3 Å². The van der Waals surface area contributed by atoms with Crippen molar-refractivity contribution in [2.45, 2.75) is 51.9 Å². The van der Waals surface area contributed by atoms with E-state index in [9.17, 15) is 0 Å². The van der Waals surface area contributed by atoms with Crippen LogP contribution < -0.4 is 0 Å². The standard InChI is InChI=1S/C17H29BrI2N2OSi/c1-6-15(18)21-17-14(2)20-16(9-7-8-10-19)22(17)13-23-11-12-24(3,4)5/h6H,2,7-13H2,1,3-5H3/b15-6-,21-17+. The third-order valence-corrected chi connectivity index (χ3v) is 9.43. The zero-order valence-corrected chi connectivity index (χ0v) is 22.1. The van der Waals surface area contributed by atoms with Crippen molar-refractivity contribution >= 4 is 76.8 Å². The van der Waals surface area contributed by atoms with Crippen molar-refractivity contribution in [1.82, 2.24) is 4.90 Å². The first-order valence-electron chi connectivity index (χ1n) is 8.30. The summed E-state index contributed by atoms with van der Waals surface area (Å²) in [5.41, 5.74) is 0. The van der Waals surface area contributed by atoms with Gasteiger partial charge >= 0.3 is 0 Å². The zero-order chi connectivity index (χ0) is 18.2. The van der Waals surface area contributed by atoms with Crippen molar-refractivity contribution in [3.8, 4) is 0 Å². The van der Waals surface area contributed by atoms with Gasteiger partial charge in [0, 0.05) is 18.3 Å². The maximum atomic E-state index is 6.02. The van der Waals surface area contributed by atoms with Crippen LogP contribution in [0.5, 0.6) is 0 Å². The summed E-state index contributed by atoms with van der Waals surface area (Å²) >= 11 is 5.79. The van der Waals surface area contributed by atoms with E-state index in [4.69, 9.17) is 9.73 Å². The minimum atomic E-state index is -1.05. The van der Waals surface area contributed by atoms with Crippen LogP contribution in [-0.2, 0) is 4.74 Å². The summed E-state index contributed by atoms with van der Waals surface area (Å²) in [6, 6.07) is 1.20. The maximum absolute atomic E-state index is 6.02. The Kier molecular flexibility index (Phi) is 11.1. The first-order chi connectivity index (χ1) is 11.3. The third-order valence-electron chi connectivity index (χ3n) is 3.45. The molecule has 7 heteroatoms. The predicted molar refractivity (Wildman–Crippen MR) is 132 cm³/mol. The second kappa shape index (κ2) is 11.6. The molecule has 0 spiro atoms. The van der Waals surface area contributed by atoms with E-state index in [1.807, 2.05) is 13.0 Å². The topological polar surface area (TPSA) is 24.8 Å². The Balaban J connectivity index is 2.77. The first-order valence-corrected chi connectivity index (χ1v) is 16.5. The molecule has 0 radical (unpaired) electrons. The van der Waals surface area contributed by atoms with E-state index in [1.54, 1.807) is 0 Å². The summed E-state index contributed by atoms with van der Waals surface area (Å²) in [7, 11) is -1.05. The van der Waals surface area contributed by atoms with Crippen molar-refractivity contribution < 1.29 is 4.74 Å². The fourth-order valence-electron chi connectivity index (χ4n) is 1.99. The molecule has 1 aliphatic heterocycles. The lowest BCUT2D eigenvalue weighted by atomic mass is 10.2. The number of hydrogen-bond donors (Lipinski definition) is 0. The molecule has 0 atom stereocenters. The maximum Gasteiger partial charge on any atom is 0.148 e. The van der Waals surface area contributed by atoms with E-state index in [2.05, 4.69) is 69.6 Å². The highest BCUT2D eigenvalue weighted by Gasteiger charge is 2.26. The summed E-state index contributed by atoms with van der Waals surface area (Å²) in [6.07, 6.45) is 5.64. The lowest BCUT2D eigenvalue weighted by Crippen LogP contribution is -2.35. The molecule has 0 unspecified atom stereocenters. The average molecular weight is 639 g/mol. The van der Waals surface area contributed by atoms with Crippen LogP contribution in [-0.4, -0.2) is 40.2 Å². The number of hydrogen-bond acceptors (Lipinski definition) is 2. The van der Waals surface area contributed by atoms with E-state index in [-0.39, 0.29) is 20.7 Å².